The average molecular weight is 242 g/mol. The van der Waals surface area contributed by atoms with Crippen LogP contribution < -0.4 is 9.47 Å². The van der Waals surface area contributed by atoms with Gasteiger partial charge in [-0.1, -0.05) is 6.92 Å². The molecule has 0 saturated carbocycles. The third-order valence-corrected chi connectivity index (χ3v) is 2.61. The van der Waals surface area contributed by atoms with E-state index in [1.807, 2.05) is 0 Å². The van der Waals surface area contributed by atoms with E-state index in [-0.39, 0.29) is 30.3 Å². The van der Waals surface area contributed by atoms with Crippen LogP contribution in [-0.2, 0) is 11.2 Å². The second-order valence-corrected chi connectivity index (χ2v) is 3.88. The van der Waals surface area contributed by atoms with Gasteiger partial charge in [0.05, 0.1) is 5.92 Å². The Hall–Kier alpha value is -1.98. The van der Waals surface area contributed by atoms with Crippen LogP contribution in [0.3, 0.4) is 0 Å². The molecule has 1 unspecified atom stereocenters. The molecule has 17 heavy (non-hydrogen) atoms. The second kappa shape index (κ2) is 4.12. The van der Waals surface area contributed by atoms with E-state index in [2.05, 4.69) is 0 Å². The number of halogens is 1. The summed E-state index contributed by atoms with van der Waals surface area (Å²) in [5.41, 5.74) is 0.196. The van der Waals surface area contributed by atoms with Crippen LogP contribution >= 0.6 is 0 Å². The van der Waals surface area contributed by atoms with Crippen LogP contribution in [0.2, 0.25) is 0 Å². The quantitative estimate of drug-likeness (QED) is 0.840. The molecule has 0 amide bonds. The summed E-state index contributed by atoms with van der Waals surface area (Å²) < 4.78 is 23.5. The van der Waals surface area contributed by atoms with Crippen molar-refractivity contribution in [2.75, 3.05) is 6.79 Å². The largest absolute Gasteiger partial charge is 0.505 e. The zero-order valence-corrected chi connectivity index (χ0v) is 9.07. The van der Waals surface area contributed by atoms with E-state index in [0.717, 1.165) is 0 Å². The molecule has 0 fully saturated rings. The molecule has 92 valence electrons. The fourth-order valence-electron chi connectivity index (χ4n) is 1.62. The first kappa shape index (κ1) is 11.5. The maximum atomic E-state index is 13.6. The van der Waals surface area contributed by atoms with E-state index in [9.17, 15) is 14.3 Å². The standard InChI is InChI=1S/C11H11FO5/c1-5(11(14)15)2-6-3-7-10(17-4-16-7)8(12)9(6)13/h3,5,13H,2,4H2,1H3,(H,14,15). The second-order valence-electron chi connectivity index (χ2n) is 3.88. The van der Waals surface area contributed by atoms with Gasteiger partial charge in [-0.3, -0.25) is 4.79 Å². The first-order chi connectivity index (χ1) is 8.00. The Balaban J connectivity index is 2.36. The predicted molar refractivity (Wildman–Crippen MR) is 54.7 cm³/mol. The smallest absolute Gasteiger partial charge is 0.306 e. The molecule has 0 aromatic heterocycles. The van der Waals surface area contributed by atoms with Crippen molar-refractivity contribution in [1.82, 2.24) is 0 Å². The van der Waals surface area contributed by atoms with Gasteiger partial charge in [-0.2, -0.15) is 4.39 Å². The Morgan fingerprint density at radius 2 is 2.29 bits per heavy atom. The average Bonchev–Trinajstić information content (AvgIpc) is 2.73. The molecule has 0 aliphatic carbocycles. The maximum absolute atomic E-state index is 13.6. The molecule has 6 heteroatoms. The van der Waals surface area contributed by atoms with Crippen molar-refractivity contribution >= 4 is 5.97 Å². The van der Waals surface area contributed by atoms with Crippen molar-refractivity contribution in [1.29, 1.82) is 0 Å². The van der Waals surface area contributed by atoms with Crippen LogP contribution in [0.15, 0.2) is 6.07 Å². The molecule has 1 heterocycles. The van der Waals surface area contributed by atoms with Gasteiger partial charge in [0.25, 0.3) is 0 Å². The van der Waals surface area contributed by atoms with Crippen LogP contribution in [0, 0.1) is 11.7 Å². The lowest BCUT2D eigenvalue weighted by Crippen LogP contribution is -2.12. The topological polar surface area (TPSA) is 76.0 Å². The highest BCUT2D eigenvalue weighted by molar-refractivity contribution is 5.70. The number of phenolic OH excluding ortho intramolecular Hbond substituents is 1. The van der Waals surface area contributed by atoms with Crippen LogP contribution in [0.5, 0.6) is 17.2 Å². The molecule has 1 aromatic rings. The van der Waals surface area contributed by atoms with Crippen LogP contribution in [0.4, 0.5) is 4.39 Å². The zero-order chi connectivity index (χ0) is 12.6. The van der Waals surface area contributed by atoms with Gasteiger partial charge in [0.15, 0.2) is 11.5 Å². The summed E-state index contributed by atoms with van der Waals surface area (Å²) in [5, 5.41) is 18.4. The number of aromatic hydroxyl groups is 1. The summed E-state index contributed by atoms with van der Waals surface area (Å²) in [7, 11) is 0. The van der Waals surface area contributed by atoms with Gasteiger partial charge in [0.2, 0.25) is 18.4 Å². The molecule has 0 bridgehead atoms. The number of benzene rings is 1. The number of hydrogen-bond donors (Lipinski definition) is 2. The van der Waals surface area contributed by atoms with E-state index in [1.54, 1.807) is 0 Å². The van der Waals surface area contributed by atoms with Gasteiger partial charge >= 0.3 is 5.97 Å². The fraction of sp³-hybridized carbons (Fsp3) is 0.364. The Morgan fingerprint density at radius 3 is 2.94 bits per heavy atom. The fourth-order valence-corrected chi connectivity index (χ4v) is 1.62. The van der Waals surface area contributed by atoms with E-state index in [4.69, 9.17) is 14.6 Å². The Kier molecular flexibility index (Phi) is 2.79. The number of carbonyl (C=O) groups is 1. The summed E-state index contributed by atoms with van der Waals surface area (Å²) in [6.45, 7) is 1.37. The number of rotatable bonds is 3. The normalized spacial score (nSPS) is 14.7. The number of aliphatic carboxylic acids is 1. The van der Waals surface area contributed by atoms with Gasteiger partial charge in [-0.05, 0) is 12.5 Å². The molecule has 1 aromatic carbocycles. The minimum Gasteiger partial charge on any atom is -0.505 e. The molecule has 5 nitrogen and oxygen atoms in total. The molecular formula is C11H11FO5. The van der Waals surface area contributed by atoms with Crippen molar-refractivity contribution in [3.05, 3.63) is 17.4 Å². The van der Waals surface area contributed by atoms with Crippen LogP contribution in [-0.4, -0.2) is 23.0 Å². The summed E-state index contributed by atoms with van der Waals surface area (Å²) in [4.78, 5) is 10.7. The summed E-state index contributed by atoms with van der Waals surface area (Å²) in [6, 6.07) is 1.40. The number of carboxylic acids is 1. The molecular weight excluding hydrogens is 231 g/mol. The SMILES string of the molecule is CC(Cc1cc2c(c(F)c1O)OCO2)C(=O)O. The minimum atomic E-state index is -1.01. The van der Waals surface area contributed by atoms with Crippen molar-refractivity contribution in [2.24, 2.45) is 5.92 Å². The Bertz CT molecular complexity index is 471. The highest BCUT2D eigenvalue weighted by atomic mass is 19.1. The third-order valence-electron chi connectivity index (χ3n) is 2.61. The van der Waals surface area contributed by atoms with Crippen molar-refractivity contribution in [3.63, 3.8) is 0 Å². The first-order valence-electron chi connectivity index (χ1n) is 5.03. The van der Waals surface area contributed by atoms with E-state index in [0.29, 0.717) is 0 Å². The van der Waals surface area contributed by atoms with Crippen LogP contribution in [0.25, 0.3) is 0 Å². The summed E-state index contributed by atoms with van der Waals surface area (Å²) >= 11 is 0. The van der Waals surface area contributed by atoms with Gasteiger partial charge in [0.1, 0.15) is 0 Å². The highest BCUT2D eigenvalue weighted by Crippen LogP contribution is 2.41. The highest BCUT2D eigenvalue weighted by Gasteiger charge is 2.26. The summed E-state index contributed by atoms with van der Waals surface area (Å²) in [6.07, 6.45) is 0.0225. The molecule has 0 spiro atoms. The first-order valence-corrected chi connectivity index (χ1v) is 5.03. The monoisotopic (exact) mass is 242 g/mol. The van der Waals surface area contributed by atoms with Gasteiger partial charge in [-0.15, -0.1) is 0 Å². The lowest BCUT2D eigenvalue weighted by molar-refractivity contribution is -0.141. The van der Waals surface area contributed by atoms with Crippen molar-refractivity contribution in [2.45, 2.75) is 13.3 Å². The number of phenols is 1. The minimum absolute atomic E-state index is 0.0225. The zero-order valence-electron chi connectivity index (χ0n) is 9.07. The molecule has 0 radical (unpaired) electrons. The molecule has 2 N–H and O–H groups in total. The number of fused-ring (bicyclic) bond motifs is 1. The predicted octanol–water partition coefficient (Wildman–Crippen LogP) is 1.52. The van der Waals surface area contributed by atoms with Gasteiger partial charge in [-0.25, -0.2) is 0 Å². The maximum Gasteiger partial charge on any atom is 0.306 e. The lowest BCUT2D eigenvalue weighted by atomic mass is 10.00. The summed E-state index contributed by atoms with van der Waals surface area (Å²) in [5.74, 6) is -3.17. The molecule has 1 atom stereocenters. The van der Waals surface area contributed by atoms with E-state index < -0.39 is 23.5 Å². The van der Waals surface area contributed by atoms with Crippen molar-refractivity contribution < 1.29 is 28.9 Å². The van der Waals surface area contributed by atoms with E-state index in [1.165, 1.54) is 13.0 Å². The molecule has 2 rings (SSSR count). The number of ether oxygens (including phenoxy) is 2. The third kappa shape index (κ3) is 1.98. The Morgan fingerprint density at radius 1 is 1.59 bits per heavy atom. The molecule has 1 aliphatic heterocycles. The van der Waals surface area contributed by atoms with Gasteiger partial charge < -0.3 is 19.7 Å². The number of carboxylic acid groups (broad SMARTS) is 1. The van der Waals surface area contributed by atoms with E-state index >= 15 is 0 Å². The molecule has 0 saturated heterocycles. The van der Waals surface area contributed by atoms with Crippen LogP contribution in [0.1, 0.15) is 12.5 Å². The Labute approximate surface area is 96.4 Å². The van der Waals surface area contributed by atoms with Gasteiger partial charge in [0, 0.05) is 5.56 Å². The van der Waals surface area contributed by atoms with Crippen molar-refractivity contribution in [3.8, 4) is 17.2 Å². The molecule has 1 aliphatic rings. The number of hydrogen-bond acceptors (Lipinski definition) is 4. The lowest BCUT2D eigenvalue weighted by Gasteiger charge is -2.10.